The number of benzene rings is 1. The van der Waals surface area contributed by atoms with Gasteiger partial charge in [0.05, 0.1) is 5.56 Å². The maximum Gasteiger partial charge on any atom is 0.438 e. The molecule has 0 aliphatic rings. The van der Waals surface area contributed by atoms with E-state index in [-0.39, 0.29) is 0 Å². The van der Waals surface area contributed by atoms with Gasteiger partial charge in [-0.1, -0.05) is 12.6 Å². The molecule has 7 nitrogen and oxygen atoms in total. The summed E-state index contributed by atoms with van der Waals surface area (Å²) in [4.78, 5) is 23.0. The quantitative estimate of drug-likeness (QED) is 0.240. The molecule has 0 saturated carbocycles. The average Bonchev–Trinajstić information content (AvgIpc) is 2.50. The van der Waals surface area contributed by atoms with Crippen LogP contribution in [0, 0.1) is 0 Å². The van der Waals surface area contributed by atoms with Crippen LogP contribution in [0.25, 0.3) is 0 Å². The highest BCUT2D eigenvalue weighted by Gasteiger charge is 2.76. The fraction of sp³-hybridized carbons (Fsp3) is 0.286. The predicted octanol–water partition coefficient (Wildman–Crippen LogP) is 2.69. The van der Waals surface area contributed by atoms with Crippen molar-refractivity contribution in [2.24, 2.45) is 0 Å². The Labute approximate surface area is 153 Å². The van der Waals surface area contributed by atoms with E-state index >= 15 is 0 Å². The summed E-state index contributed by atoms with van der Waals surface area (Å²) in [5.74, 6) is -6.74. The van der Waals surface area contributed by atoms with Crippen LogP contribution in [0.15, 0.2) is 36.9 Å². The van der Waals surface area contributed by atoms with E-state index in [0.717, 1.165) is 18.2 Å². The summed E-state index contributed by atoms with van der Waals surface area (Å²) < 4.78 is 117. The van der Waals surface area contributed by atoms with Crippen LogP contribution in [-0.4, -0.2) is 48.6 Å². The fourth-order valence-electron chi connectivity index (χ4n) is 1.79. The summed E-state index contributed by atoms with van der Waals surface area (Å²) in [6, 6.07) is 3.28. The summed E-state index contributed by atoms with van der Waals surface area (Å²) >= 11 is 0. The van der Waals surface area contributed by atoms with Gasteiger partial charge in [0.15, 0.2) is 0 Å². The van der Waals surface area contributed by atoms with Crippen molar-refractivity contribution in [2.75, 3.05) is 5.75 Å². The highest BCUT2D eigenvalue weighted by atomic mass is 32.2. The number of ether oxygens (including phenoxy) is 2. The van der Waals surface area contributed by atoms with Crippen molar-refractivity contribution < 1.29 is 58.4 Å². The number of alkyl halides is 6. The van der Waals surface area contributed by atoms with Crippen LogP contribution >= 0.6 is 0 Å². The molecule has 0 aliphatic heterocycles. The standard InChI is InChI=1S/C14H10F6O7S/c1-2-10(21)26-9-5-3-4-8(6-9)11(22)27-12(13(15,16)17,14(18,19)20)7-28(23,24)25/h2-6H,1,7H2,(H,23,24,25). The lowest BCUT2D eigenvalue weighted by Gasteiger charge is -2.35. The second-order valence-corrected chi connectivity index (χ2v) is 6.54. The molecule has 0 amide bonds. The molecular formula is C14H10F6O7S. The number of halogens is 6. The molecule has 0 heterocycles. The van der Waals surface area contributed by atoms with Crippen LogP contribution in [0.4, 0.5) is 26.3 Å². The van der Waals surface area contributed by atoms with Gasteiger partial charge in [-0.05, 0) is 18.2 Å². The third kappa shape index (κ3) is 5.45. The topological polar surface area (TPSA) is 107 Å². The highest BCUT2D eigenvalue weighted by molar-refractivity contribution is 7.85. The molecule has 156 valence electrons. The monoisotopic (exact) mass is 436 g/mol. The van der Waals surface area contributed by atoms with Gasteiger partial charge in [-0.2, -0.15) is 34.8 Å². The van der Waals surface area contributed by atoms with Gasteiger partial charge in [0.25, 0.3) is 10.1 Å². The van der Waals surface area contributed by atoms with E-state index in [2.05, 4.69) is 16.1 Å². The summed E-state index contributed by atoms with van der Waals surface area (Å²) in [5, 5.41) is 0. The van der Waals surface area contributed by atoms with E-state index in [1.807, 2.05) is 0 Å². The Hall–Kier alpha value is -2.61. The van der Waals surface area contributed by atoms with Crippen molar-refractivity contribution in [1.29, 1.82) is 0 Å². The Bertz CT molecular complexity index is 859. The zero-order valence-corrected chi connectivity index (χ0v) is 14.2. The smallest absolute Gasteiger partial charge is 0.435 e. The Balaban J connectivity index is 3.40. The fourth-order valence-corrected chi connectivity index (χ4v) is 2.69. The van der Waals surface area contributed by atoms with Crippen molar-refractivity contribution >= 4 is 22.1 Å². The zero-order valence-electron chi connectivity index (χ0n) is 13.4. The van der Waals surface area contributed by atoms with Gasteiger partial charge in [-0.25, -0.2) is 9.59 Å². The highest BCUT2D eigenvalue weighted by Crippen LogP contribution is 2.47. The molecule has 0 unspecified atom stereocenters. The minimum absolute atomic E-state index is 0.446. The number of hydrogen-bond acceptors (Lipinski definition) is 6. The van der Waals surface area contributed by atoms with E-state index in [4.69, 9.17) is 4.55 Å². The van der Waals surface area contributed by atoms with Gasteiger partial charge < -0.3 is 9.47 Å². The average molecular weight is 436 g/mol. The normalized spacial score (nSPS) is 13.0. The molecule has 28 heavy (non-hydrogen) atoms. The molecule has 0 aliphatic carbocycles. The lowest BCUT2D eigenvalue weighted by atomic mass is 10.1. The molecule has 1 aromatic carbocycles. The third-order valence-electron chi connectivity index (χ3n) is 3.02. The number of esters is 2. The maximum atomic E-state index is 13.1. The van der Waals surface area contributed by atoms with Crippen molar-refractivity contribution in [3.63, 3.8) is 0 Å². The minimum Gasteiger partial charge on any atom is -0.435 e. The molecular weight excluding hydrogens is 426 g/mol. The number of hydrogen-bond donors (Lipinski definition) is 1. The largest absolute Gasteiger partial charge is 0.438 e. The van der Waals surface area contributed by atoms with E-state index in [1.54, 1.807) is 0 Å². The number of carbonyl (C=O) groups is 2. The van der Waals surface area contributed by atoms with Crippen molar-refractivity contribution in [3.8, 4) is 5.75 Å². The molecule has 14 heteroatoms. The van der Waals surface area contributed by atoms with Gasteiger partial charge in [0, 0.05) is 6.08 Å². The first kappa shape index (κ1) is 23.4. The zero-order chi connectivity index (χ0) is 22.0. The minimum atomic E-state index is -6.45. The predicted molar refractivity (Wildman–Crippen MR) is 78.9 cm³/mol. The number of rotatable bonds is 6. The SMILES string of the molecule is C=CC(=O)Oc1cccc(C(=O)OC(CS(=O)(=O)O)(C(F)(F)F)C(F)(F)F)c1. The van der Waals surface area contributed by atoms with Crippen LogP contribution in [0.2, 0.25) is 0 Å². The van der Waals surface area contributed by atoms with Crippen molar-refractivity contribution in [1.82, 2.24) is 0 Å². The molecule has 0 fully saturated rings. The third-order valence-corrected chi connectivity index (χ3v) is 3.79. The second-order valence-electron chi connectivity index (χ2n) is 5.09. The molecule has 0 bridgehead atoms. The van der Waals surface area contributed by atoms with E-state index in [9.17, 15) is 44.3 Å². The molecule has 0 spiro atoms. The second kappa shape index (κ2) is 7.79. The molecule has 0 aromatic heterocycles. The Kier molecular flexibility index (Phi) is 6.52. The van der Waals surface area contributed by atoms with Crippen LogP contribution in [0.1, 0.15) is 10.4 Å². The Morgan fingerprint density at radius 3 is 2.07 bits per heavy atom. The lowest BCUT2D eigenvalue weighted by molar-refractivity contribution is -0.356. The molecule has 1 aromatic rings. The Morgan fingerprint density at radius 2 is 1.64 bits per heavy atom. The van der Waals surface area contributed by atoms with Crippen molar-refractivity contribution in [3.05, 3.63) is 42.5 Å². The van der Waals surface area contributed by atoms with Crippen molar-refractivity contribution in [2.45, 2.75) is 18.0 Å². The van der Waals surface area contributed by atoms with E-state index in [1.165, 1.54) is 0 Å². The van der Waals surface area contributed by atoms with Gasteiger partial charge in [-0.3, -0.25) is 4.55 Å². The maximum absolute atomic E-state index is 13.1. The van der Waals surface area contributed by atoms with Gasteiger partial charge in [-0.15, -0.1) is 0 Å². The summed E-state index contributed by atoms with van der Waals surface area (Å²) in [6.45, 7) is 3.05. The van der Waals surface area contributed by atoms with Crippen LogP contribution in [0.3, 0.4) is 0 Å². The summed E-state index contributed by atoms with van der Waals surface area (Å²) in [7, 11) is -5.90. The first-order valence-corrected chi connectivity index (χ1v) is 8.39. The van der Waals surface area contributed by atoms with Gasteiger partial charge in [0.1, 0.15) is 11.5 Å². The first-order chi connectivity index (χ1) is 12.5. The summed E-state index contributed by atoms with van der Waals surface area (Å²) in [5.41, 5.74) is -6.47. The Morgan fingerprint density at radius 1 is 1.11 bits per heavy atom. The van der Waals surface area contributed by atoms with Crippen LogP contribution in [-0.2, 0) is 19.6 Å². The molecule has 1 N–H and O–H groups in total. The number of carbonyl (C=O) groups excluding carboxylic acids is 2. The van der Waals surface area contributed by atoms with E-state index in [0.29, 0.717) is 12.1 Å². The van der Waals surface area contributed by atoms with E-state index < -0.39 is 57.1 Å². The molecule has 0 atom stereocenters. The van der Waals surface area contributed by atoms with Crippen LogP contribution < -0.4 is 4.74 Å². The molecule has 1 rings (SSSR count). The van der Waals surface area contributed by atoms with Gasteiger partial charge in [0.2, 0.25) is 0 Å². The van der Waals surface area contributed by atoms with Gasteiger partial charge >= 0.3 is 29.9 Å². The molecule has 0 saturated heterocycles. The molecule has 0 radical (unpaired) electrons. The summed E-state index contributed by atoms with van der Waals surface area (Å²) in [6.07, 6.45) is -12.2. The first-order valence-electron chi connectivity index (χ1n) is 6.79. The lowest BCUT2D eigenvalue weighted by Crippen LogP contribution is -2.63. The van der Waals surface area contributed by atoms with Crippen LogP contribution in [0.5, 0.6) is 5.75 Å².